The number of hydrogen-bond donors (Lipinski definition) is 2. The lowest BCUT2D eigenvalue weighted by atomic mass is 10.1. The Balaban J connectivity index is 2.28. The fourth-order valence-corrected chi connectivity index (χ4v) is 2.68. The van der Waals surface area contributed by atoms with Crippen LogP contribution in [0.5, 0.6) is 0 Å². The normalized spacial score (nSPS) is 14.7. The van der Waals surface area contributed by atoms with E-state index < -0.39 is 11.2 Å². The molecule has 6 nitrogen and oxygen atoms in total. The third kappa shape index (κ3) is 2.70. The number of fused-ring (bicyclic) bond motifs is 1. The average molecular weight is 289 g/mol. The maximum Gasteiger partial charge on any atom is 0.327 e. The second kappa shape index (κ2) is 5.35. The zero-order valence-corrected chi connectivity index (χ0v) is 12.1. The molecule has 0 amide bonds. The van der Waals surface area contributed by atoms with Gasteiger partial charge in [-0.3, -0.25) is 19.6 Å². The molecular weight excluding hydrogens is 270 g/mol. The zero-order valence-electron chi connectivity index (χ0n) is 12.1. The van der Waals surface area contributed by atoms with Gasteiger partial charge in [0.15, 0.2) is 5.43 Å². The van der Waals surface area contributed by atoms with Crippen molar-refractivity contribution in [2.24, 2.45) is 5.92 Å². The van der Waals surface area contributed by atoms with Gasteiger partial charge in [-0.25, -0.2) is 4.79 Å². The molecule has 1 fully saturated rings. The lowest BCUT2D eigenvalue weighted by molar-refractivity contribution is 0.597. The number of rotatable bonds is 5. The zero-order chi connectivity index (χ0) is 15.0. The first kappa shape index (κ1) is 13.9. The maximum absolute atomic E-state index is 12.2. The fraction of sp³-hybridized carbons (Fsp3) is 0.533. The van der Waals surface area contributed by atoms with Gasteiger partial charge in [0, 0.05) is 18.3 Å². The lowest BCUT2D eigenvalue weighted by Gasteiger charge is -2.15. The Morgan fingerprint density at radius 1 is 1.24 bits per heavy atom. The second-order valence-corrected chi connectivity index (χ2v) is 5.79. The van der Waals surface area contributed by atoms with Gasteiger partial charge in [-0.2, -0.15) is 0 Å². The molecular formula is C15H19N3O3. The maximum atomic E-state index is 12.2. The molecule has 2 heterocycles. The first-order valence-corrected chi connectivity index (χ1v) is 7.49. The molecule has 21 heavy (non-hydrogen) atoms. The van der Waals surface area contributed by atoms with E-state index in [1.807, 2.05) is 4.57 Å². The highest BCUT2D eigenvalue weighted by atomic mass is 16.2. The Morgan fingerprint density at radius 3 is 2.67 bits per heavy atom. The van der Waals surface area contributed by atoms with Crippen LogP contribution in [-0.4, -0.2) is 14.5 Å². The van der Waals surface area contributed by atoms with E-state index in [0.29, 0.717) is 11.6 Å². The number of H-pyrrole nitrogens is 2. The fourth-order valence-electron chi connectivity index (χ4n) is 2.68. The summed E-state index contributed by atoms with van der Waals surface area (Å²) < 4.78 is 1.96. The molecule has 1 aliphatic rings. The molecule has 2 N–H and O–H groups in total. The van der Waals surface area contributed by atoms with Crippen molar-refractivity contribution in [3.8, 4) is 0 Å². The first-order chi connectivity index (χ1) is 10.1. The summed E-state index contributed by atoms with van der Waals surface area (Å²) in [5.41, 5.74) is -0.216. The van der Waals surface area contributed by atoms with Gasteiger partial charge < -0.3 is 4.57 Å². The Hall–Kier alpha value is -2.11. The van der Waals surface area contributed by atoms with Crippen molar-refractivity contribution < 1.29 is 0 Å². The van der Waals surface area contributed by atoms with Crippen LogP contribution < -0.4 is 16.7 Å². The molecule has 0 atom stereocenters. The van der Waals surface area contributed by atoms with Crippen molar-refractivity contribution in [2.75, 3.05) is 0 Å². The number of hydrogen-bond acceptors (Lipinski definition) is 3. The Bertz CT molecular complexity index is 840. The molecule has 0 radical (unpaired) electrons. The Morgan fingerprint density at radius 2 is 2.00 bits per heavy atom. The molecule has 0 spiro atoms. The van der Waals surface area contributed by atoms with Crippen LogP contribution in [0.1, 0.15) is 38.3 Å². The largest absolute Gasteiger partial charge is 0.330 e. The van der Waals surface area contributed by atoms with Crippen LogP contribution >= 0.6 is 0 Å². The lowest BCUT2D eigenvalue weighted by Crippen LogP contribution is -2.29. The van der Waals surface area contributed by atoms with E-state index in [1.54, 1.807) is 6.07 Å². The second-order valence-electron chi connectivity index (χ2n) is 5.79. The highest BCUT2D eigenvalue weighted by molar-refractivity contribution is 5.73. The van der Waals surface area contributed by atoms with E-state index in [4.69, 9.17) is 0 Å². The Kier molecular flexibility index (Phi) is 3.53. The molecule has 0 unspecified atom stereocenters. The smallest absolute Gasteiger partial charge is 0.327 e. The van der Waals surface area contributed by atoms with Gasteiger partial charge in [0.2, 0.25) is 0 Å². The molecule has 112 valence electrons. The van der Waals surface area contributed by atoms with E-state index in [1.165, 1.54) is 0 Å². The van der Waals surface area contributed by atoms with E-state index in [-0.39, 0.29) is 10.8 Å². The van der Waals surface area contributed by atoms with Gasteiger partial charge >= 0.3 is 5.69 Å². The van der Waals surface area contributed by atoms with Gasteiger partial charge in [-0.05, 0) is 31.6 Å². The summed E-state index contributed by atoms with van der Waals surface area (Å²) in [5.74, 6) is 0.582. The SMILES string of the molecule is CCCCc1cc(=O)c2c(=O)[nH]c(=O)[nH]c2n1CC1CC1. The molecule has 0 bridgehead atoms. The van der Waals surface area contributed by atoms with Crippen molar-refractivity contribution in [1.29, 1.82) is 0 Å². The average Bonchev–Trinajstić information content (AvgIpc) is 3.23. The molecule has 0 aliphatic heterocycles. The summed E-state index contributed by atoms with van der Waals surface area (Å²) in [7, 11) is 0. The highest BCUT2D eigenvalue weighted by Crippen LogP contribution is 2.31. The summed E-state index contributed by atoms with van der Waals surface area (Å²) in [6, 6.07) is 1.55. The van der Waals surface area contributed by atoms with Crippen molar-refractivity contribution >= 4 is 11.0 Å². The molecule has 0 saturated heterocycles. The van der Waals surface area contributed by atoms with E-state index >= 15 is 0 Å². The number of nitrogens with zero attached hydrogens (tertiary/aromatic N) is 1. The summed E-state index contributed by atoms with van der Waals surface area (Å²) >= 11 is 0. The summed E-state index contributed by atoms with van der Waals surface area (Å²) in [6.07, 6.45) is 5.11. The van der Waals surface area contributed by atoms with Gasteiger partial charge in [0.05, 0.1) is 0 Å². The van der Waals surface area contributed by atoms with Crippen LogP contribution in [0.15, 0.2) is 20.4 Å². The third-order valence-corrected chi connectivity index (χ3v) is 4.01. The van der Waals surface area contributed by atoms with E-state index in [0.717, 1.165) is 44.3 Å². The molecule has 1 saturated carbocycles. The summed E-state index contributed by atoms with van der Waals surface area (Å²) in [5, 5.41) is 0.0514. The molecule has 1 aliphatic carbocycles. The van der Waals surface area contributed by atoms with Crippen molar-refractivity contribution in [3.63, 3.8) is 0 Å². The number of aryl methyl sites for hydroxylation is 1. The quantitative estimate of drug-likeness (QED) is 0.865. The topological polar surface area (TPSA) is 87.7 Å². The number of unbranched alkanes of at least 4 members (excludes halogenated alkanes) is 1. The molecule has 2 aromatic heterocycles. The molecule has 2 aromatic rings. The minimum Gasteiger partial charge on any atom is -0.330 e. The predicted octanol–water partition coefficient (Wildman–Crippen LogP) is 1.13. The van der Waals surface area contributed by atoms with E-state index in [9.17, 15) is 14.4 Å². The number of pyridine rings is 1. The van der Waals surface area contributed by atoms with Gasteiger partial charge in [0.25, 0.3) is 5.56 Å². The number of nitrogens with one attached hydrogen (secondary N) is 2. The number of aromatic nitrogens is 3. The van der Waals surface area contributed by atoms with Crippen LogP contribution in [0.25, 0.3) is 11.0 Å². The molecule has 0 aromatic carbocycles. The predicted molar refractivity (Wildman–Crippen MR) is 80.8 cm³/mol. The van der Waals surface area contributed by atoms with E-state index in [2.05, 4.69) is 16.9 Å². The van der Waals surface area contributed by atoms with Gasteiger partial charge in [-0.15, -0.1) is 0 Å². The van der Waals surface area contributed by atoms with Gasteiger partial charge in [0.1, 0.15) is 11.0 Å². The number of aromatic amines is 2. The molecule has 6 heteroatoms. The van der Waals surface area contributed by atoms with Crippen LogP contribution in [0.3, 0.4) is 0 Å². The van der Waals surface area contributed by atoms with Crippen LogP contribution in [0.4, 0.5) is 0 Å². The third-order valence-electron chi connectivity index (χ3n) is 4.01. The van der Waals surface area contributed by atoms with Crippen molar-refractivity contribution in [3.05, 3.63) is 42.8 Å². The minimum absolute atomic E-state index is 0.0514. The van der Waals surface area contributed by atoms with Crippen molar-refractivity contribution in [1.82, 2.24) is 14.5 Å². The monoisotopic (exact) mass is 289 g/mol. The highest BCUT2D eigenvalue weighted by Gasteiger charge is 2.24. The minimum atomic E-state index is -0.606. The van der Waals surface area contributed by atoms with Crippen LogP contribution in [0.2, 0.25) is 0 Å². The van der Waals surface area contributed by atoms with Crippen LogP contribution in [0, 0.1) is 5.92 Å². The van der Waals surface area contributed by atoms with Gasteiger partial charge in [-0.1, -0.05) is 13.3 Å². The summed E-state index contributed by atoms with van der Waals surface area (Å²) in [6.45, 7) is 2.85. The Labute approximate surface area is 120 Å². The van der Waals surface area contributed by atoms with Crippen molar-refractivity contribution in [2.45, 2.75) is 45.6 Å². The first-order valence-electron chi connectivity index (χ1n) is 7.49. The van der Waals surface area contributed by atoms with Crippen LogP contribution in [-0.2, 0) is 13.0 Å². The standard InChI is InChI=1S/C15H19N3O3/c1-2-3-4-10-7-11(19)12-13(16-15(21)17-14(12)20)18(10)8-9-5-6-9/h7,9H,2-6,8H2,1H3,(H2,16,17,20,21). The molecule has 3 rings (SSSR count). The summed E-state index contributed by atoms with van der Waals surface area (Å²) in [4.78, 5) is 40.4.